The van der Waals surface area contributed by atoms with Crippen LogP contribution in [-0.2, 0) is 0 Å². The molecule has 0 saturated carbocycles. The van der Waals surface area contributed by atoms with Crippen molar-refractivity contribution in [3.63, 3.8) is 0 Å². The van der Waals surface area contributed by atoms with Crippen LogP contribution in [0.3, 0.4) is 0 Å². The maximum absolute atomic E-state index is 5.79. The van der Waals surface area contributed by atoms with E-state index in [1.807, 2.05) is 0 Å². The lowest BCUT2D eigenvalue weighted by Crippen LogP contribution is -2.14. The quantitative estimate of drug-likeness (QED) is 0.592. The number of hydrogen-bond acceptors (Lipinski definition) is 4. The highest BCUT2D eigenvalue weighted by molar-refractivity contribution is 6.29. The number of anilines is 2. The summed E-state index contributed by atoms with van der Waals surface area (Å²) < 4.78 is 0. The zero-order valence-corrected chi connectivity index (χ0v) is 10.6. The topological polar surface area (TPSA) is 54.2 Å². The Bertz CT molecular complexity index is 328. The van der Waals surface area contributed by atoms with E-state index in [-0.39, 0.29) is 0 Å². The third kappa shape index (κ3) is 4.68. The molecule has 0 atom stereocenters. The van der Waals surface area contributed by atoms with Crippen molar-refractivity contribution in [2.24, 2.45) is 0 Å². The number of rotatable bonds is 6. The molecular formula is C11H19ClN4. The zero-order chi connectivity index (χ0) is 12.0. The Kier molecular flexibility index (Phi) is 5.35. The number of hydrogen-bond donors (Lipinski definition) is 2. The predicted octanol–water partition coefficient (Wildman–Crippen LogP) is 2.07. The molecule has 0 spiro atoms. The Labute approximate surface area is 102 Å². The summed E-state index contributed by atoms with van der Waals surface area (Å²) in [6.45, 7) is 1.96. The van der Waals surface area contributed by atoms with Crippen LogP contribution in [0.4, 0.5) is 11.5 Å². The van der Waals surface area contributed by atoms with Crippen molar-refractivity contribution in [3.05, 3.63) is 17.3 Å². The van der Waals surface area contributed by atoms with Gasteiger partial charge in [-0.15, -0.1) is 0 Å². The van der Waals surface area contributed by atoms with Gasteiger partial charge in [0.25, 0.3) is 0 Å². The number of nitrogens with zero attached hydrogens (tertiary/aromatic N) is 2. The van der Waals surface area contributed by atoms with Crippen LogP contribution >= 0.6 is 11.6 Å². The first-order valence-corrected chi connectivity index (χ1v) is 5.78. The number of nitrogen functional groups attached to an aromatic ring is 1. The average Bonchev–Trinajstić information content (AvgIpc) is 2.22. The van der Waals surface area contributed by atoms with Gasteiger partial charge in [0.2, 0.25) is 0 Å². The second-order valence-corrected chi connectivity index (χ2v) is 4.40. The molecule has 3 N–H and O–H groups in total. The summed E-state index contributed by atoms with van der Waals surface area (Å²) in [7, 11) is 4.15. The van der Waals surface area contributed by atoms with Gasteiger partial charge in [-0.3, -0.25) is 0 Å². The molecule has 0 bridgehead atoms. The van der Waals surface area contributed by atoms with Crippen molar-refractivity contribution >= 4 is 23.1 Å². The minimum atomic E-state index is 0.463. The summed E-state index contributed by atoms with van der Waals surface area (Å²) >= 11 is 5.79. The lowest BCUT2D eigenvalue weighted by molar-refractivity contribution is 0.396. The van der Waals surface area contributed by atoms with Crippen LogP contribution in [0.5, 0.6) is 0 Å². The van der Waals surface area contributed by atoms with Gasteiger partial charge in [-0.25, -0.2) is 4.98 Å². The van der Waals surface area contributed by atoms with Crippen molar-refractivity contribution in [3.8, 4) is 0 Å². The molecule has 1 aromatic rings. The second-order valence-electron chi connectivity index (χ2n) is 4.01. The summed E-state index contributed by atoms with van der Waals surface area (Å²) in [4.78, 5) is 6.30. The molecule has 4 nitrogen and oxygen atoms in total. The fourth-order valence-electron chi connectivity index (χ4n) is 1.35. The van der Waals surface area contributed by atoms with Gasteiger partial charge in [0.15, 0.2) is 5.82 Å². The van der Waals surface area contributed by atoms with Crippen molar-refractivity contribution in [1.82, 2.24) is 9.88 Å². The number of pyridine rings is 1. The molecule has 0 aliphatic carbocycles. The molecule has 1 rings (SSSR count). The van der Waals surface area contributed by atoms with Gasteiger partial charge in [0, 0.05) is 6.54 Å². The highest BCUT2D eigenvalue weighted by Crippen LogP contribution is 2.18. The summed E-state index contributed by atoms with van der Waals surface area (Å²) in [6.07, 6.45) is 2.24. The fraction of sp³-hybridized carbons (Fsp3) is 0.545. The summed E-state index contributed by atoms with van der Waals surface area (Å²) in [5.41, 5.74) is 6.40. The van der Waals surface area contributed by atoms with Gasteiger partial charge in [0.1, 0.15) is 5.15 Å². The minimum absolute atomic E-state index is 0.463. The molecule has 5 heteroatoms. The van der Waals surface area contributed by atoms with Gasteiger partial charge in [-0.2, -0.15) is 0 Å². The Hall–Kier alpha value is -1.00. The third-order valence-electron chi connectivity index (χ3n) is 2.22. The zero-order valence-electron chi connectivity index (χ0n) is 9.83. The largest absolute Gasteiger partial charge is 0.396 e. The van der Waals surface area contributed by atoms with E-state index in [1.165, 1.54) is 0 Å². The van der Waals surface area contributed by atoms with Crippen molar-refractivity contribution in [1.29, 1.82) is 0 Å². The summed E-state index contributed by atoms with van der Waals surface area (Å²) in [6, 6.07) is 3.45. The minimum Gasteiger partial charge on any atom is -0.396 e. The Morgan fingerprint density at radius 1 is 1.38 bits per heavy atom. The van der Waals surface area contributed by atoms with Crippen molar-refractivity contribution in [2.45, 2.75) is 12.8 Å². The van der Waals surface area contributed by atoms with Gasteiger partial charge in [0.05, 0.1) is 5.69 Å². The van der Waals surface area contributed by atoms with Gasteiger partial charge < -0.3 is 16.0 Å². The van der Waals surface area contributed by atoms with Gasteiger partial charge >= 0.3 is 0 Å². The first kappa shape index (κ1) is 13.1. The lowest BCUT2D eigenvalue weighted by Gasteiger charge is -2.10. The monoisotopic (exact) mass is 242 g/mol. The number of halogens is 1. The molecule has 0 saturated heterocycles. The van der Waals surface area contributed by atoms with E-state index in [0.717, 1.165) is 25.9 Å². The molecule has 90 valence electrons. The molecule has 16 heavy (non-hydrogen) atoms. The van der Waals surface area contributed by atoms with Crippen LogP contribution in [0.1, 0.15) is 12.8 Å². The van der Waals surface area contributed by atoms with E-state index >= 15 is 0 Å². The maximum Gasteiger partial charge on any atom is 0.150 e. The number of aromatic nitrogens is 1. The number of nitrogens with one attached hydrogen (secondary N) is 1. The molecule has 0 aliphatic rings. The number of nitrogens with two attached hydrogens (primary N) is 1. The van der Waals surface area contributed by atoms with Crippen molar-refractivity contribution < 1.29 is 0 Å². The van der Waals surface area contributed by atoms with E-state index in [4.69, 9.17) is 17.3 Å². The Morgan fingerprint density at radius 3 is 2.81 bits per heavy atom. The van der Waals surface area contributed by atoms with Crippen molar-refractivity contribution in [2.75, 3.05) is 38.2 Å². The standard InChI is InChI=1S/C11H19ClN4/c1-16(2)8-4-3-7-14-11-9(13)5-6-10(12)15-11/h5-6H,3-4,7-8,13H2,1-2H3,(H,14,15). The summed E-state index contributed by atoms with van der Waals surface area (Å²) in [5, 5.41) is 3.65. The molecule has 1 aromatic heterocycles. The van der Waals surface area contributed by atoms with Crippen LogP contribution in [0, 0.1) is 0 Å². The SMILES string of the molecule is CN(C)CCCCNc1nc(Cl)ccc1N. The van der Waals surface area contributed by atoms with E-state index in [2.05, 4.69) is 29.3 Å². The Morgan fingerprint density at radius 2 is 2.12 bits per heavy atom. The molecule has 0 aliphatic heterocycles. The van der Waals surface area contributed by atoms with Crippen LogP contribution in [0.15, 0.2) is 12.1 Å². The highest BCUT2D eigenvalue weighted by Gasteiger charge is 2.00. The van der Waals surface area contributed by atoms with Crippen LogP contribution < -0.4 is 11.1 Å². The predicted molar refractivity (Wildman–Crippen MR) is 69.9 cm³/mol. The summed E-state index contributed by atoms with van der Waals surface area (Å²) in [5.74, 6) is 0.678. The molecule has 0 aromatic carbocycles. The molecular weight excluding hydrogens is 224 g/mol. The van der Waals surface area contributed by atoms with E-state index < -0.39 is 0 Å². The second kappa shape index (κ2) is 6.55. The van der Waals surface area contributed by atoms with Gasteiger partial charge in [-0.05, 0) is 45.6 Å². The normalized spacial score (nSPS) is 10.8. The van der Waals surface area contributed by atoms with Crippen LogP contribution in [0.25, 0.3) is 0 Å². The molecule has 0 fully saturated rings. The van der Waals surface area contributed by atoms with Crippen LogP contribution in [0.2, 0.25) is 5.15 Å². The fourth-order valence-corrected chi connectivity index (χ4v) is 1.50. The van der Waals surface area contributed by atoms with E-state index in [0.29, 0.717) is 16.7 Å². The average molecular weight is 243 g/mol. The highest BCUT2D eigenvalue weighted by atomic mass is 35.5. The molecule has 0 radical (unpaired) electrons. The smallest absolute Gasteiger partial charge is 0.150 e. The number of unbranched alkanes of at least 4 members (excludes halogenated alkanes) is 1. The Balaban J connectivity index is 2.29. The third-order valence-corrected chi connectivity index (χ3v) is 2.43. The van der Waals surface area contributed by atoms with E-state index in [9.17, 15) is 0 Å². The first-order valence-electron chi connectivity index (χ1n) is 5.40. The molecule has 0 amide bonds. The van der Waals surface area contributed by atoms with Gasteiger partial charge in [-0.1, -0.05) is 11.6 Å². The van der Waals surface area contributed by atoms with E-state index in [1.54, 1.807) is 12.1 Å². The lowest BCUT2D eigenvalue weighted by atomic mass is 10.3. The maximum atomic E-state index is 5.79. The molecule has 0 unspecified atom stereocenters. The van der Waals surface area contributed by atoms with Crippen LogP contribution in [-0.4, -0.2) is 37.1 Å². The first-order chi connectivity index (χ1) is 7.59. The molecule has 1 heterocycles.